The van der Waals surface area contributed by atoms with E-state index in [1.807, 2.05) is 12.4 Å². The third-order valence-corrected chi connectivity index (χ3v) is 6.09. The van der Waals surface area contributed by atoms with E-state index in [0.717, 1.165) is 45.9 Å². The maximum atomic E-state index is 13.2. The smallest absolute Gasteiger partial charge is 0.242 e. The Balaban J connectivity index is 1.32. The predicted molar refractivity (Wildman–Crippen MR) is 99.7 cm³/mol. The topological polar surface area (TPSA) is 48.9 Å². The highest BCUT2D eigenvalue weighted by Crippen LogP contribution is 2.27. The van der Waals surface area contributed by atoms with Crippen LogP contribution in [-0.4, -0.2) is 83.6 Å². The van der Waals surface area contributed by atoms with E-state index >= 15 is 0 Å². The number of nitrogens with zero attached hydrogens (tertiary/aromatic N) is 4. The van der Waals surface area contributed by atoms with Gasteiger partial charge in [0.05, 0.1) is 13.2 Å². The van der Waals surface area contributed by atoms with Crippen LogP contribution in [0.25, 0.3) is 0 Å². The molecule has 0 spiro atoms. The van der Waals surface area contributed by atoms with Gasteiger partial charge in [0.15, 0.2) is 0 Å². The number of rotatable bonds is 4. The van der Waals surface area contributed by atoms with Crippen LogP contribution in [0.2, 0.25) is 0 Å². The van der Waals surface area contributed by atoms with Gasteiger partial charge in [-0.05, 0) is 30.5 Å². The Bertz CT molecular complexity index is 583. The van der Waals surface area contributed by atoms with Crippen LogP contribution in [-0.2, 0) is 16.1 Å². The van der Waals surface area contributed by atoms with Crippen LogP contribution in [0.15, 0.2) is 24.5 Å². The fourth-order valence-electron chi connectivity index (χ4n) is 4.59. The average molecular weight is 358 g/mol. The van der Waals surface area contributed by atoms with Crippen molar-refractivity contribution >= 4 is 5.91 Å². The number of amides is 1. The van der Waals surface area contributed by atoms with Gasteiger partial charge in [-0.1, -0.05) is 12.8 Å². The Kier molecular flexibility index (Phi) is 5.82. The molecule has 2 aliphatic heterocycles. The van der Waals surface area contributed by atoms with Crippen LogP contribution in [0, 0.1) is 0 Å². The van der Waals surface area contributed by atoms with Gasteiger partial charge in [0.2, 0.25) is 5.91 Å². The van der Waals surface area contributed by atoms with E-state index in [9.17, 15) is 4.79 Å². The maximum absolute atomic E-state index is 13.2. The molecule has 1 aromatic heterocycles. The van der Waals surface area contributed by atoms with E-state index < -0.39 is 0 Å². The summed E-state index contributed by atoms with van der Waals surface area (Å²) in [5, 5.41) is 0. The lowest BCUT2D eigenvalue weighted by atomic mass is 10.1. The monoisotopic (exact) mass is 358 g/mol. The predicted octanol–water partition coefficient (Wildman–Crippen LogP) is 1.37. The maximum Gasteiger partial charge on any atom is 0.242 e. The van der Waals surface area contributed by atoms with Gasteiger partial charge in [0, 0.05) is 57.7 Å². The third-order valence-electron chi connectivity index (χ3n) is 6.09. The molecule has 142 valence electrons. The first-order valence-electron chi connectivity index (χ1n) is 10.0. The number of piperazine rings is 1. The Morgan fingerprint density at radius 2 is 1.81 bits per heavy atom. The summed E-state index contributed by atoms with van der Waals surface area (Å²) in [5.74, 6) is 0.278. The molecule has 6 heteroatoms. The van der Waals surface area contributed by atoms with Crippen molar-refractivity contribution in [1.82, 2.24) is 19.7 Å². The molecule has 1 amide bonds. The zero-order chi connectivity index (χ0) is 17.8. The number of hydrogen-bond acceptors (Lipinski definition) is 5. The second kappa shape index (κ2) is 8.46. The van der Waals surface area contributed by atoms with Crippen molar-refractivity contribution < 1.29 is 9.53 Å². The molecular formula is C20H30N4O2. The minimum Gasteiger partial charge on any atom is -0.378 e. The van der Waals surface area contributed by atoms with Gasteiger partial charge in [-0.3, -0.25) is 19.6 Å². The highest BCUT2D eigenvalue weighted by atomic mass is 16.5. The van der Waals surface area contributed by atoms with Crippen LogP contribution in [0.3, 0.4) is 0 Å². The standard InChI is InChI=1S/C20H30N4O2/c25-20(19-16-26-14-13-24(19)18-3-1-2-4-18)23-11-9-22(10-12-23)15-17-5-7-21-8-6-17/h5-8,18-19H,1-4,9-16H2. The summed E-state index contributed by atoms with van der Waals surface area (Å²) in [6, 6.07) is 4.65. The Labute approximate surface area is 156 Å². The lowest BCUT2D eigenvalue weighted by Gasteiger charge is -2.42. The van der Waals surface area contributed by atoms with E-state index in [4.69, 9.17) is 4.74 Å². The molecule has 3 heterocycles. The van der Waals surface area contributed by atoms with Gasteiger partial charge in [-0.15, -0.1) is 0 Å². The summed E-state index contributed by atoms with van der Waals surface area (Å²) in [7, 11) is 0. The molecule has 2 saturated heterocycles. The molecule has 1 saturated carbocycles. The van der Waals surface area contributed by atoms with Crippen molar-refractivity contribution in [3.8, 4) is 0 Å². The van der Waals surface area contributed by atoms with Crippen molar-refractivity contribution in [3.63, 3.8) is 0 Å². The number of aromatic nitrogens is 1. The number of hydrogen-bond donors (Lipinski definition) is 0. The molecule has 1 unspecified atom stereocenters. The molecular weight excluding hydrogens is 328 g/mol. The summed E-state index contributed by atoms with van der Waals surface area (Å²) in [5.41, 5.74) is 1.29. The number of ether oxygens (including phenoxy) is 1. The normalized spacial score (nSPS) is 26.3. The quantitative estimate of drug-likeness (QED) is 0.814. The lowest BCUT2D eigenvalue weighted by molar-refractivity contribution is -0.147. The van der Waals surface area contributed by atoms with E-state index in [1.165, 1.54) is 31.2 Å². The first kappa shape index (κ1) is 17.9. The molecule has 1 aromatic rings. The van der Waals surface area contributed by atoms with Crippen LogP contribution in [0.4, 0.5) is 0 Å². The molecule has 0 aromatic carbocycles. The highest BCUT2D eigenvalue weighted by Gasteiger charge is 2.38. The summed E-state index contributed by atoms with van der Waals surface area (Å²) in [6.07, 6.45) is 8.77. The Morgan fingerprint density at radius 1 is 1.08 bits per heavy atom. The summed E-state index contributed by atoms with van der Waals surface area (Å²) < 4.78 is 5.68. The van der Waals surface area contributed by atoms with Crippen molar-refractivity contribution in [2.24, 2.45) is 0 Å². The molecule has 0 N–H and O–H groups in total. The zero-order valence-corrected chi connectivity index (χ0v) is 15.6. The SMILES string of the molecule is O=C(C1COCCN1C1CCCC1)N1CCN(Cc2ccncc2)CC1. The van der Waals surface area contributed by atoms with Gasteiger partial charge in [0.1, 0.15) is 6.04 Å². The molecule has 4 rings (SSSR count). The van der Waals surface area contributed by atoms with Crippen LogP contribution in [0.1, 0.15) is 31.2 Å². The van der Waals surface area contributed by atoms with Gasteiger partial charge < -0.3 is 9.64 Å². The van der Waals surface area contributed by atoms with Crippen molar-refractivity contribution in [2.75, 3.05) is 45.9 Å². The molecule has 3 aliphatic rings. The van der Waals surface area contributed by atoms with Gasteiger partial charge in [-0.2, -0.15) is 0 Å². The first-order chi connectivity index (χ1) is 12.8. The number of pyridine rings is 1. The summed E-state index contributed by atoms with van der Waals surface area (Å²) in [6.45, 7) is 6.68. The molecule has 1 atom stereocenters. The second-order valence-corrected chi connectivity index (χ2v) is 7.72. The van der Waals surface area contributed by atoms with Gasteiger partial charge >= 0.3 is 0 Å². The minimum absolute atomic E-state index is 0.0707. The van der Waals surface area contributed by atoms with E-state index in [-0.39, 0.29) is 11.9 Å². The average Bonchev–Trinajstić information content (AvgIpc) is 3.24. The van der Waals surface area contributed by atoms with E-state index in [1.54, 1.807) is 0 Å². The van der Waals surface area contributed by atoms with Gasteiger partial charge in [0.25, 0.3) is 0 Å². The molecule has 3 fully saturated rings. The van der Waals surface area contributed by atoms with Crippen molar-refractivity contribution in [2.45, 2.75) is 44.3 Å². The van der Waals surface area contributed by atoms with Crippen LogP contribution in [0.5, 0.6) is 0 Å². The third kappa shape index (κ3) is 4.08. The largest absolute Gasteiger partial charge is 0.378 e. The van der Waals surface area contributed by atoms with E-state index in [0.29, 0.717) is 12.6 Å². The first-order valence-corrected chi connectivity index (χ1v) is 10.0. The number of carbonyl (C=O) groups excluding carboxylic acids is 1. The lowest BCUT2D eigenvalue weighted by Crippen LogP contribution is -2.60. The van der Waals surface area contributed by atoms with Crippen LogP contribution < -0.4 is 0 Å². The van der Waals surface area contributed by atoms with Crippen molar-refractivity contribution in [3.05, 3.63) is 30.1 Å². The van der Waals surface area contributed by atoms with Gasteiger partial charge in [-0.25, -0.2) is 0 Å². The fraction of sp³-hybridized carbons (Fsp3) is 0.700. The molecule has 6 nitrogen and oxygen atoms in total. The van der Waals surface area contributed by atoms with Crippen LogP contribution >= 0.6 is 0 Å². The molecule has 0 bridgehead atoms. The number of morpholine rings is 1. The Hall–Kier alpha value is -1.50. The summed E-state index contributed by atoms with van der Waals surface area (Å²) >= 11 is 0. The minimum atomic E-state index is -0.0707. The second-order valence-electron chi connectivity index (χ2n) is 7.72. The highest BCUT2D eigenvalue weighted by molar-refractivity contribution is 5.82. The van der Waals surface area contributed by atoms with E-state index in [2.05, 4.69) is 31.8 Å². The summed E-state index contributed by atoms with van der Waals surface area (Å²) in [4.78, 5) is 24.2. The van der Waals surface area contributed by atoms with Crippen molar-refractivity contribution in [1.29, 1.82) is 0 Å². The number of carbonyl (C=O) groups is 1. The molecule has 1 aliphatic carbocycles. The fourth-order valence-corrected chi connectivity index (χ4v) is 4.59. The molecule has 26 heavy (non-hydrogen) atoms. The molecule has 0 radical (unpaired) electrons. The Morgan fingerprint density at radius 3 is 2.54 bits per heavy atom. The zero-order valence-electron chi connectivity index (χ0n) is 15.6.